The lowest BCUT2D eigenvalue weighted by molar-refractivity contribution is -0.135. The number of hydrogen-bond donors (Lipinski definition) is 0. The van der Waals surface area contributed by atoms with Gasteiger partial charge in [-0.3, -0.25) is 9.69 Å². The summed E-state index contributed by atoms with van der Waals surface area (Å²) in [6.07, 6.45) is 4.53. The third-order valence-electron chi connectivity index (χ3n) is 6.83. The normalized spacial score (nSPS) is 25.4. The molecule has 4 rings (SSSR count). The number of rotatable bonds is 5. The van der Waals surface area contributed by atoms with E-state index in [4.69, 9.17) is 11.6 Å². The summed E-state index contributed by atoms with van der Waals surface area (Å²) in [5.41, 5.74) is 3.79. The van der Waals surface area contributed by atoms with Gasteiger partial charge in [0.1, 0.15) is 6.17 Å². The smallest absolute Gasteiger partial charge is 0.231 e. The van der Waals surface area contributed by atoms with Gasteiger partial charge in [0.15, 0.2) is 0 Å². The largest absolute Gasteiger partial charge is 0.346 e. The van der Waals surface area contributed by atoms with E-state index in [1.165, 1.54) is 17.7 Å². The summed E-state index contributed by atoms with van der Waals surface area (Å²) in [7, 11) is 6.15. The summed E-state index contributed by atoms with van der Waals surface area (Å²) in [4.78, 5) is 27.1. The molecule has 0 bridgehead atoms. The molecule has 7 heteroatoms. The molecule has 1 saturated heterocycles. The highest BCUT2D eigenvalue weighted by Gasteiger charge is 2.38. The van der Waals surface area contributed by atoms with Gasteiger partial charge in [0.2, 0.25) is 5.91 Å². The van der Waals surface area contributed by atoms with E-state index in [0.29, 0.717) is 17.5 Å². The molecule has 168 valence electrons. The van der Waals surface area contributed by atoms with E-state index < -0.39 is 0 Å². The zero-order chi connectivity index (χ0) is 22.1. The number of nitrogens with zero attached hydrogens (tertiary/aromatic N) is 5. The highest BCUT2D eigenvalue weighted by molar-refractivity contribution is 6.30. The van der Waals surface area contributed by atoms with Crippen LogP contribution in [0.25, 0.3) is 0 Å². The Morgan fingerprint density at radius 3 is 2.52 bits per heavy atom. The van der Waals surface area contributed by atoms with Gasteiger partial charge in [-0.05, 0) is 56.1 Å². The van der Waals surface area contributed by atoms with Gasteiger partial charge in [-0.25, -0.2) is 4.99 Å². The van der Waals surface area contributed by atoms with Crippen LogP contribution in [0.3, 0.4) is 0 Å². The molecule has 0 aromatic heterocycles. The van der Waals surface area contributed by atoms with Crippen LogP contribution in [0.4, 0.5) is 0 Å². The summed E-state index contributed by atoms with van der Waals surface area (Å²) in [6, 6.07) is 7.71. The molecule has 1 aromatic carbocycles. The van der Waals surface area contributed by atoms with Crippen molar-refractivity contribution in [3.05, 3.63) is 46.1 Å². The summed E-state index contributed by atoms with van der Waals surface area (Å²) < 4.78 is 0. The fourth-order valence-corrected chi connectivity index (χ4v) is 5.30. The van der Waals surface area contributed by atoms with E-state index in [-0.39, 0.29) is 18.0 Å². The van der Waals surface area contributed by atoms with E-state index in [1.54, 1.807) is 0 Å². The molecule has 6 nitrogen and oxygen atoms in total. The number of allylic oxidation sites excluding steroid dienone is 1. The average molecular weight is 444 g/mol. The van der Waals surface area contributed by atoms with Crippen LogP contribution in [0.1, 0.15) is 31.2 Å². The SMILES string of the molecule is C[C@@H]1CCC2=C1C(N1CCN(C(=O)[C@H](CN(C)C)c3ccc(Cl)cc3)CC1)N(C)C=N2. The van der Waals surface area contributed by atoms with Crippen molar-refractivity contribution in [1.82, 2.24) is 19.6 Å². The molecule has 0 saturated carbocycles. The van der Waals surface area contributed by atoms with Crippen molar-refractivity contribution in [2.45, 2.75) is 31.8 Å². The summed E-state index contributed by atoms with van der Waals surface area (Å²) in [5.74, 6) is 0.616. The maximum absolute atomic E-state index is 13.5. The number of benzene rings is 1. The van der Waals surface area contributed by atoms with Crippen molar-refractivity contribution in [3.8, 4) is 0 Å². The van der Waals surface area contributed by atoms with Crippen LogP contribution in [0.15, 0.2) is 40.5 Å². The number of hydrogen-bond acceptors (Lipinski definition) is 5. The number of piperazine rings is 1. The van der Waals surface area contributed by atoms with Crippen LogP contribution < -0.4 is 0 Å². The zero-order valence-electron chi connectivity index (χ0n) is 19.1. The molecule has 0 radical (unpaired) electrons. The minimum atomic E-state index is -0.174. The second-order valence-electron chi connectivity index (χ2n) is 9.35. The summed E-state index contributed by atoms with van der Waals surface area (Å²) >= 11 is 6.07. The lowest BCUT2D eigenvalue weighted by Gasteiger charge is -2.45. The minimum absolute atomic E-state index is 0.174. The van der Waals surface area contributed by atoms with Gasteiger partial charge in [-0.2, -0.15) is 0 Å². The van der Waals surface area contributed by atoms with Crippen LogP contribution in [0.5, 0.6) is 0 Å². The van der Waals surface area contributed by atoms with E-state index in [2.05, 4.69) is 33.7 Å². The third kappa shape index (κ3) is 4.66. The Hall–Kier alpha value is -1.89. The summed E-state index contributed by atoms with van der Waals surface area (Å²) in [5, 5.41) is 0.698. The molecule has 0 N–H and O–H groups in total. The first kappa shape index (κ1) is 22.3. The van der Waals surface area contributed by atoms with E-state index in [1.807, 2.05) is 49.6 Å². The highest BCUT2D eigenvalue weighted by Crippen LogP contribution is 2.39. The van der Waals surface area contributed by atoms with Crippen LogP contribution in [-0.2, 0) is 4.79 Å². The predicted molar refractivity (Wildman–Crippen MR) is 126 cm³/mol. The molecule has 0 spiro atoms. The maximum atomic E-state index is 13.5. The molecule has 2 heterocycles. The number of aliphatic imine (C=N–C) groups is 1. The summed E-state index contributed by atoms with van der Waals surface area (Å²) in [6.45, 7) is 6.29. The predicted octanol–water partition coefficient (Wildman–Crippen LogP) is 3.11. The lowest BCUT2D eigenvalue weighted by Crippen LogP contribution is -2.58. The monoisotopic (exact) mass is 443 g/mol. The van der Waals surface area contributed by atoms with E-state index >= 15 is 0 Å². The van der Waals surface area contributed by atoms with Crippen molar-refractivity contribution in [1.29, 1.82) is 0 Å². The third-order valence-corrected chi connectivity index (χ3v) is 7.08. The van der Waals surface area contributed by atoms with Crippen LogP contribution in [0, 0.1) is 5.92 Å². The van der Waals surface area contributed by atoms with Crippen LogP contribution in [-0.4, -0.2) is 91.9 Å². The van der Waals surface area contributed by atoms with Crippen LogP contribution >= 0.6 is 11.6 Å². The Balaban J connectivity index is 1.45. The van der Waals surface area contributed by atoms with Crippen molar-refractivity contribution in [2.75, 3.05) is 53.9 Å². The average Bonchev–Trinajstić information content (AvgIpc) is 3.13. The second kappa shape index (κ2) is 9.31. The Kier molecular flexibility index (Phi) is 6.70. The van der Waals surface area contributed by atoms with Gasteiger partial charge in [-0.15, -0.1) is 0 Å². The Morgan fingerprint density at radius 2 is 1.87 bits per heavy atom. The van der Waals surface area contributed by atoms with Crippen molar-refractivity contribution >= 4 is 23.8 Å². The molecule has 3 atom stereocenters. The number of halogens is 1. The first-order valence-electron chi connectivity index (χ1n) is 11.3. The Labute approximate surface area is 191 Å². The van der Waals surface area contributed by atoms with Gasteiger partial charge >= 0.3 is 0 Å². The number of likely N-dealkylation sites (N-methyl/N-ethyl adjacent to an activating group) is 2. The van der Waals surface area contributed by atoms with Gasteiger partial charge in [0.25, 0.3) is 0 Å². The van der Waals surface area contributed by atoms with E-state index in [0.717, 1.165) is 38.2 Å². The molecule has 3 aliphatic rings. The fourth-order valence-electron chi connectivity index (χ4n) is 5.17. The van der Waals surface area contributed by atoms with Crippen molar-refractivity contribution < 1.29 is 4.79 Å². The van der Waals surface area contributed by atoms with Gasteiger partial charge in [0.05, 0.1) is 12.3 Å². The molecule has 31 heavy (non-hydrogen) atoms. The molecule has 1 unspecified atom stereocenters. The van der Waals surface area contributed by atoms with Crippen molar-refractivity contribution in [2.24, 2.45) is 10.9 Å². The molecular formula is C24H34ClN5O. The van der Waals surface area contributed by atoms with Crippen LogP contribution in [0.2, 0.25) is 5.02 Å². The molecule has 1 amide bonds. The zero-order valence-corrected chi connectivity index (χ0v) is 19.8. The quantitative estimate of drug-likeness (QED) is 0.701. The lowest BCUT2D eigenvalue weighted by atomic mass is 9.96. The highest BCUT2D eigenvalue weighted by atomic mass is 35.5. The number of amides is 1. The van der Waals surface area contributed by atoms with Gasteiger partial charge in [-0.1, -0.05) is 30.7 Å². The number of carbonyl (C=O) groups is 1. The molecular weight excluding hydrogens is 410 g/mol. The Morgan fingerprint density at radius 1 is 1.19 bits per heavy atom. The van der Waals surface area contributed by atoms with E-state index in [9.17, 15) is 4.79 Å². The van der Waals surface area contributed by atoms with Gasteiger partial charge in [0, 0.05) is 50.5 Å². The maximum Gasteiger partial charge on any atom is 0.231 e. The first-order valence-corrected chi connectivity index (χ1v) is 11.6. The second-order valence-corrected chi connectivity index (χ2v) is 9.79. The Bertz CT molecular complexity index is 857. The molecule has 1 aliphatic carbocycles. The molecule has 1 aromatic rings. The topological polar surface area (TPSA) is 42.4 Å². The molecule has 2 aliphatic heterocycles. The first-order chi connectivity index (χ1) is 14.8. The minimum Gasteiger partial charge on any atom is -0.346 e. The van der Waals surface area contributed by atoms with Crippen molar-refractivity contribution in [3.63, 3.8) is 0 Å². The molecule has 1 fully saturated rings. The standard InChI is InChI=1S/C24H34ClN5O/c1-17-5-10-21-22(17)23(28(4)16-26-21)29-11-13-30(14-12-29)24(31)20(15-27(2)3)18-6-8-19(25)9-7-18/h6-9,16-17,20,23H,5,10-15H2,1-4H3/t17-,20-,23?/m1/s1. The van der Waals surface area contributed by atoms with Gasteiger partial charge < -0.3 is 14.7 Å². The fraction of sp³-hybridized carbons (Fsp3) is 0.583. The number of carbonyl (C=O) groups excluding carboxylic acids is 1.